The average molecular weight is 314 g/mol. The molecule has 3 atom stereocenters. The molecule has 0 aliphatic heterocycles. The molecule has 0 unspecified atom stereocenters. The van der Waals surface area contributed by atoms with Crippen LogP contribution in [0.25, 0.3) is 0 Å². The van der Waals surface area contributed by atoms with Gasteiger partial charge in [0.1, 0.15) is 0 Å². The van der Waals surface area contributed by atoms with Crippen molar-refractivity contribution < 1.29 is 9.53 Å². The molecule has 3 aliphatic carbocycles. The van der Waals surface area contributed by atoms with E-state index in [2.05, 4.69) is 39.5 Å². The van der Waals surface area contributed by atoms with Crippen molar-refractivity contribution in [3.63, 3.8) is 0 Å². The molecule has 1 saturated carbocycles. The highest BCUT2D eigenvalue weighted by Crippen LogP contribution is 2.60. The Kier molecular flexibility index (Phi) is 3.85. The van der Waals surface area contributed by atoms with Gasteiger partial charge in [0.15, 0.2) is 0 Å². The summed E-state index contributed by atoms with van der Waals surface area (Å²) in [7, 11) is 1.52. The quantitative estimate of drug-likeness (QED) is 0.506. The molecule has 1 fully saturated rings. The summed E-state index contributed by atoms with van der Waals surface area (Å²) in [5, 5.41) is 0. The van der Waals surface area contributed by atoms with Gasteiger partial charge in [-0.05, 0) is 62.9 Å². The number of rotatable bonds is 2. The summed E-state index contributed by atoms with van der Waals surface area (Å²) in [5.41, 5.74) is 4.41. The van der Waals surface area contributed by atoms with Crippen LogP contribution in [0.15, 0.2) is 35.5 Å². The molecule has 0 bridgehead atoms. The van der Waals surface area contributed by atoms with Crippen molar-refractivity contribution in [1.29, 1.82) is 0 Å². The lowest BCUT2D eigenvalue weighted by Gasteiger charge is -2.51. The fourth-order valence-electron chi connectivity index (χ4n) is 5.12. The maximum absolute atomic E-state index is 12.5. The molecule has 2 nitrogen and oxygen atoms in total. The smallest absolute Gasteiger partial charge is 0.315 e. The number of hydrogen-bond donors (Lipinski definition) is 0. The molecule has 3 rings (SSSR count). The lowest BCUT2D eigenvalue weighted by molar-refractivity contribution is -0.150. The van der Waals surface area contributed by atoms with Gasteiger partial charge in [0.05, 0.1) is 12.5 Å². The minimum Gasteiger partial charge on any atom is -0.468 e. The Morgan fingerprint density at radius 3 is 2.61 bits per heavy atom. The molecule has 0 heterocycles. The molecule has 0 spiro atoms. The maximum Gasteiger partial charge on any atom is 0.315 e. The molecule has 0 aromatic rings. The largest absolute Gasteiger partial charge is 0.468 e. The van der Waals surface area contributed by atoms with Gasteiger partial charge in [0.25, 0.3) is 0 Å². The second-order valence-electron chi connectivity index (χ2n) is 8.43. The van der Waals surface area contributed by atoms with Crippen LogP contribution < -0.4 is 0 Å². The zero-order valence-corrected chi connectivity index (χ0v) is 15.1. The van der Waals surface area contributed by atoms with Crippen LogP contribution in [0.4, 0.5) is 0 Å². The third-order valence-corrected chi connectivity index (χ3v) is 6.98. The van der Waals surface area contributed by atoms with Crippen LogP contribution in [-0.2, 0) is 9.53 Å². The molecule has 0 aromatic heterocycles. The molecule has 23 heavy (non-hydrogen) atoms. The summed E-state index contributed by atoms with van der Waals surface area (Å²) >= 11 is 0. The zero-order valence-electron chi connectivity index (χ0n) is 15.1. The molecule has 0 amide bonds. The third-order valence-electron chi connectivity index (χ3n) is 6.98. The van der Waals surface area contributed by atoms with E-state index in [-0.39, 0.29) is 16.8 Å². The van der Waals surface area contributed by atoms with E-state index in [4.69, 9.17) is 4.74 Å². The van der Waals surface area contributed by atoms with Crippen molar-refractivity contribution >= 4 is 5.97 Å². The predicted octanol–water partition coefficient (Wildman–Crippen LogP) is 5.36. The first-order chi connectivity index (χ1) is 10.8. The van der Waals surface area contributed by atoms with E-state index in [9.17, 15) is 4.79 Å². The fraction of sp³-hybridized carbons (Fsp3) is 0.667. The number of allylic oxidation sites excluding steroid dienone is 4. The highest BCUT2D eigenvalue weighted by Gasteiger charge is 2.50. The highest BCUT2D eigenvalue weighted by molar-refractivity contribution is 5.81. The Morgan fingerprint density at radius 1 is 1.22 bits per heavy atom. The topological polar surface area (TPSA) is 26.3 Å². The second-order valence-corrected chi connectivity index (χ2v) is 8.43. The molecule has 0 radical (unpaired) electrons. The first-order valence-electron chi connectivity index (χ1n) is 8.94. The Bertz CT molecular complexity index is 611. The molecule has 2 heteroatoms. The first-order valence-corrected chi connectivity index (χ1v) is 8.94. The Balaban J connectivity index is 2.03. The van der Waals surface area contributed by atoms with Crippen molar-refractivity contribution in [2.45, 2.75) is 65.7 Å². The summed E-state index contributed by atoms with van der Waals surface area (Å²) in [6.07, 6.45) is 12.1. The van der Waals surface area contributed by atoms with E-state index in [1.807, 2.05) is 0 Å². The van der Waals surface area contributed by atoms with Crippen molar-refractivity contribution in [2.24, 2.45) is 16.2 Å². The first kappa shape index (κ1) is 16.5. The molecule has 126 valence electrons. The van der Waals surface area contributed by atoms with E-state index < -0.39 is 5.41 Å². The van der Waals surface area contributed by atoms with Crippen LogP contribution >= 0.6 is 0 Å². The van der Waals surface area contributed by atoms with E-state index >= 15 is 0 Å². The van der Waals surface area contributed by atoms with Crippen LogP contribution in [0.5, 0.6) is 0 Å². The van der Waals surface area contributed by atoms with Gasteiger partial charge >= 0.3 is 5.97 Å². The van der Waals surface area contributed by atoms with Crippen molar-refractivity contribution in [2.75, 3.05) is 7.11 Å². The van der Waals surface area contributed by atoms with Crippen LogP contribution in [0, 0.1) is 16.2 Å². The monoisotopic (exact) mass is 314 g/mol. The van der Waals surface area contributed by atoms with Gasteiger partial charge in [0, 0.05) is 5.41 Å². The van der Waals surface area contributed by atoms with Gasteiger partial charge < -0.3 is 4.74 Å². The zero-order chi connectivity index (χ0) is 16.9. The number of esters is 1. The lowest BCUT2D eigenvalue weighted by Crippen LogP contribution is -2.42. The lowest BCUT2D eigenvalue weighted by atomic mass is 9.53. The Labute approximate surface area is 140 Å². The second kappa shape index (κ2) is 5.36. The Hall–Kier alpha value is -1.31. The van der Waals surface area contributed by atoms with Gasteiger partial charge in [0.2, 0.25) is 0 Å². The average Bonchev–Trinajstić information content (AvgIpc) is 2.55. The number of fused-ring (bicyclic) bond motifs is 2. The van der Waals surface area contributed by atoms with Crippen molar-refractivity contribution in [3.05, 3.63) is 35.5 Å². The molecular formula is C21H30O2. The summed E-state index contributed by atoms with van der Waals surface area (Å²) < 4.78 is 5.15. The summed E-state index contributed by atoms with van der Waals surface area (Å²) in [6, 6.07) is 0. The summed E-state index contributed by atoms with van der Waals surface area (Å²) in [5.74, 6) is -0.0584. The number of methoxy groups -OCH3 is 1. The van der Waals surface area contributed by atoms with E-state index in [0.29, 0.717) is 0 Å². The van der Waals surface area contributed by atoms with Gasteiger partial charge in [-0.25, -0.2) is 0 Å². The van der Waals surface area contributed by atoms with Crippen LogP contribution in [0.1, 0.15) is 65.7 Å². The van der Waals surface area contributed by atoms with Crippen molar-refractivity contribution in [3.8, 4) is 0 Å². The van der Waals surface area contributed by atoms with Gasteiger partial charge in [-0.3, -0.25) is 4.79 Å². The SMILES string of the molecule is C=C[C@@]1(C)CC[C@]2(C)C(=CCC3=C2CCC[C@@]3(C)C(=O)OC)C1. The number of carbonyl (C=O) groups excluding carboxylic acids is 1. The molecular weight excluding hydrogens is 284 g/mol. The standard InChI is InChI=1S/C21H30O2/c1-6-19(2)12-13-20(3)15(14-19)9-10-17-16(20)8-7-11-21(17,4)18(22)23-5/h6,9H,1,7-8,10-14H2,2-5H3/t19-,20+,21+/m0/s1. The molecule has 0 N–H and O–H groups in total. The van der Waals surface area contributed by atoms with Gasteiger partial charge in [-0.2, -0.15) is 0 Å². The molecule has 0 aromatic carbocycles. The predicted molar refractivity (Wildman–Crippen MR) is 94.0 cm³/mol. The third kappa shape index (κ3) is 2.33. The minimum absolute atomic E-state index is 0.0584. The number of hydrogen-bond acceptors (Lipinski definition) is 2. The van der Waals surface area contributed by atoms with Crippen molar-refractivity contribution in [1.82, 2.24) is 0 Å². The molecule has 3 aliphatic rings. The van der Waals surface area contributed by atoms with Gasteiger partial charge in [-0.15, -0.1) is 6.58 Å². The van der Waals surface area contributed by atoms with Gasteiger partial charge in [-0.1, -0.05) is 37.1 Å². The summed E-state index contributed by atoms with van der Waals surface area (Å²) in [4.78, 5) is 12.5. The van der Waals surface area contributed by atoms with Crippen LogP contribution in [-0.4, -0.2) is 13.1 Å². The van der Waals surface area contributed by atoms with E-state index in [0.717, 1.165) is 38.5 Å². The van der Waals surface area contributed by atoms with Crippen LogP contribution in [0.3, 0.4) is 0 Å². The highest BCUT2D eigenvalue weighted by atomic mass is 16.5. The Morgan fingerprint density at radius 2 is 1.96 bits per heavy atom. The maximum atomic E-state index is 12.5. The number of ether oxygens (including phenoxy) is 1. The van der Waals surface area contributed by atoms with Crippen LogP contribution in [0.2, 0.25) is 0 Å². The van der Waals surface area contributed by atoms with E-state index in [1.165, 1.54) is 19.1 Å². The molecule has 0 saturated heterocycles. The number of carbonyl (C=O) groups is 1. The van der Waals surface area contributed by atoms with E-state index in [1.54, 1.807) is 11.1 Å². The summed E-state index contributed by atoms with van der Waals surface area (Å²) in [6.45, 7) is 10.9. The normalized spacial score (nSPS) is 39.9. The minimum atomic E-state index is -0.424. The fourth-order valence-corrected chi connectivity index (χ4v) is 5.12.